The minimum absolute atomic E-state index is 0.140. The Balaban J connectivity index is 2.59. The SMILES string of the molecule is O=C(NO)c1cccc(-c2ccccc2)c1CF. The van der Waals surface area contributed by atoms with E-state index < -0.39 is 12.6 Å². The number of benzene rings is 2. The zero-order valence-corrected chi connectivity index (χ0v) is 9.56. The number of alkyl halides is 1. The van der Waals surface area contributed by atoms with Gasteiger partial charge in [0.05, 0.1) is 0 Å². The van der Waals surface area contributed by atoms with Gasteiger partial charge >= 0.3 is 0 Å². The van der Waals surface area contributed by atoms with Gasteiger partial charge in [-0.1, -0.05) is 42.5 Å². The highest BCUT2D eigenvalue weighted by Gasteiger charge is 2.14. The Kier molecular flexibility index (Phi) is 3.69. The van der Waals surface area contributed by atoms with Gasteiger partial charge in [-0.05, 0) is 17.2 Å². The summed E-state index contributed by atoms with van der Waals surface area (Å²) in [5, 5.41) is 8.65. The Morgan fingerprint density at radius 3 is 2.44 bits per heavy atom. The Bertz CT molecular complexity index is 555. The molecule has 0 fully saturated rings. The van der Waals surface area contributed by atoms with Gasteiger partial charge in [-0.25, -0.2) is 9.87 Å². The predicted molar refractivity (Wildman–Crippen MR) is 65.9 cm³/mol. The van der Waals surface area contributed by atoms with E-state index >= 15 is 0 Å². The van der Waals surface area contributed by atoms with Crippen LogP contribution in [-0.2, 0) is 6.67 Å². The molecular formula is C14H12FNO2. The molecule has 0 aromatic heterocycles. The zero-order chi connectivity index (χ0) is 13.0. The molecule has 2 N–H and O–H groups in total. The maximum atomic E-state index is 13.2. The first kappa shape index (κ1) is 12.3. The van der Waals surface area contributed by atoms with Crippen LogP contribution in [-0.4, -0.2) is 11.1 Å². The minimum Gasteiger partial charge on any atom is -0.288 e. The summed E-state index contributed by atoms with van der Waals surface area (Å²) < 4.78 is 13.2. The first-order valence-corrected chi connectivity index (χ1v) is 5.45. The lowest BCUT2D eigenvalue weighted by atomic mass is 9.96. The Morgan fingerprint density at radius 1 is 1.11 bits per heavy atom. The smallest absolute Gasteiger partial charge is 0.275 e. The monoisotopic (exact) mass is 245 g/mol. The number of hydroxylamine groups is 1. The summed E-state index contributed by atoms with van der Waals surface area (Å²) in [6.07, 6.45) is 0. The molecule has 0 saturated heterocycles. The maximum absolute atomic E-state index is 13.2. The fourth-order valence-corrected chi connectivity index (χ4v) is 1.89. The van der Waals surface area contributed by atoms with Gasteiger partial charge in [0.15, 0.2) is 0 Å². The standard InChI is InChI=1S/C14H12FNO2/c15-9-13-11(10-5-2-1-3-6-10)7-4-8-12(13)14(17)16-18/h1-8,18H,9H2,(H,16,17). The van der Waals surface area contributed by atoms with Gasteiger partial charge in [0.25, 0.3) is 5.91 Å². The maximum Gasteiger partial charge on any atom is 0.275 e. The fraction of sp³-hybridized carbons (Fsp3) is 0.0714. The second-order valence-electron chi connectivity index (χ2n) is 3.77. The molecule has 18 heavy (non-hydrogen) atoms. The number of nitrogens with one attached hydrogen (secondary N) is 1. The molecule has 0 unspecified atom stereocenters. The van der Waals surface area contributed by atoms with E-state index in [9.17, 15) is 9.18 Å². The molecule has 1 amide bonds. The molecule has 0 aliphatic heterocycles. The number of halogens is 1. The van der Waals surface area contributed by atoms with Crippen molar-refractivity contribution in [1.82, 2.24) is 5.48 Å². The van der Waals surface area contributed by atoms with Gasteiger partial charge in [-0.15, -0.1) is 0 Å². The van der Waals surface area contributed by atoms with Crippen LogP contribution in [0.3, 0.4) is 0 Å². The summed E-state index contributed by atoms with van der Waals surface area (Å²) in [6, 6.07) is 14.1. The van der Waals surface area contributed by atoms with E-state index in [0.29, 0.717) is 5.56 Å². The lowest BCUT2D eigenvalue weighted by molar-refractivity contribution is 0.0704. The highest BCUT2D eigenvalue weighted by molar-refractivity contribution is 5.96. The first-order chi connectivity index (χ1) is 8.77. The Hall–Kier alpha value is -2.20. The summed E-state index contributed by atoms with van der Waals surface area (Å²) >= 11 is 0. The van der Waals surface area contributed by atoms with Crippen molar-refractivity contribution in [3.05, 3.63) is 59.7 Å². The lowest BCUT2D eigenvalue weighted by Gasteiger charge is -2.11. The quantitative estimate of drug-likeness (QED) is 0.645. The minimum atomic E-state index is -0.770. The van der Waals surface area contributed by atoms with Gasteiger partial charge < -0.3 is 0 Å². The predicted octanol–water partition coefficient (Wildman–Crippen LogP) is 2.94. The number of rotatable bonds is 3. The van der Waals surface area contributed by atoms with E-state index in [1.807, 2.05) is 30.3 Å². The van der Waals surface area contributed by atoms with Gasteiger partial charge in [0.1, 0.15) is 6.67 Å². The second kappa shape index (κ2) is 5.42. The van der Waals surface area contributed by atoms with Gasteiger partial charge in [0.2, 0.25) is 0 Å². The zero-order valence-electron chi connectivity index (χ0n) is 9.56. The molecule has 2 aromatic rings. The normalized spacial score (nSPS) is 10.1. The molecule has 0 bridgehead atoms. The third-order valence-corrected chi connectivity index (χ3v) is 2.74. The number of amides is 1. The first-order valence-electron chi connectivity index (χ1n) is 5.45. The van der Waals surface area contributed by atoms with Crippen LogP contribution < -0.4 is 5.48 Å². The van der Waals surface area contributed by atoms with Gasteiger partial charge in [-0.2, -0.15) is 0 Å². The number of carbonyl (C=O) groups excluding carboxylic acids is 1. The molecule has 0 saturated carbocycles. The van der Waals surface area contributed by atoms with Crippen molar-refractivity contribution < 1.29 is 14.4 Å². The highest BCUT2D eigenvalue weighted by atomic mass is 19.1. The van der Waals surface area contributed by atoms with Crippen molar-refractivity contribution in [1.29, 1.82) is 0 Å². The molecular weight excluding hydrogens is 233 g/mol. The number of hydrogen-bond donors (Lipinski definition) is 2. The fourth-order valence-electron chi connectivity index (χ4n) is 1.89. The van der Waals surface area contributed by atoms with Gasteiger partial charge in [-0.3, -0.25) is 10.0 Å². The topological polar surface area (TPSA) is 49.3 Å². The van der Waals surface area contributed by atoms with Crippen molar-refractivity contribution in [2.75, 3.05) is 0 Å². The summed E-state index contributed by atoms with van der Waals surface area (Å²) in [5.74, 6) is -0.708. The molecule has 3 nitrogen and oxygen atoms in total. The van der Waals surface area contributed by atoms with Crippen molar-refractivity contribution in [3.63, 3.8) is 0 Å². The Morgan fingerprint density at radius 2 is 1.83 bits per heavy atom. The van der Waals surface area contributed by atoms with E-state index in [0.717, 1.165) is 5.56 Å². The van der Waals surface area contributed by atoms with E-state index in [-0.39, 0.29) is 11.1 Å². The molecule has 0 atom stereocenters. The van der Waals surface area contributed by atoms with Crippen molar-refractivity contribution in [3.8, 4) is 11.1 Å². The van der Waals surface area contributed by atoms with Crippen LogP contribution in [0.25, 0.3) is 11.1 Å². The molecule has 0 spiro atoms. The number of carbonyl (C=O) groups is 1. The molecule has 2 aromatic carbocycles. The molecule has 0 aliphatic carbocycles. The summed E-state index contributed by atoms with van der Waals surface area (Å²) in [7, 11) is 0. The van der Waals surface area contributed by atoms with E-state index in [2.05, 4.69) is 0 Å². The van der Waals surface area contributed by atoms with Crippen LogP contribution in [0, 0.1) is 0 Å². The molecule has 2 rings (SSSR count). The van der Waals surface area contributed by atoms with Crippen LogP contribution in [0.15, 0.2) is 48.5 Å². The lowest BCUT2D eigenvalue weighted by Crippen LogP contribution is -2.20. The van der Waals surface area contributed by atoms with E-state index in [1.165, 1.54) is 11.5 Å². The van der Waals surface area contributed by atoms with E-state index in [4.69, 9.17) is 5.21 Å². The van der Waals surface area contributed by atoms with Crippen LogP contribution in [0.2, 0.25) is 0 Å². The average molecular weight is 245 g/mol. The molecule has 0 heterocycles. The third kappa shape index (κ3) is 2.24. The van der Waals surface area contributed by atoms with Crippen LogP contribution in [0.4, 0.5) is 4.39 Å². The van der Waals surface area contributed by atoms with Crippen molar-refractivity contribution in [2.45, 2.75) is 6.67 Å². The molecule has 0 aliphatic rings. The van der Waals surface area contributed by atoms with Crippen LogP contribution in [0.5, 0.6) is 0 Å². The average Bonchev–Trinajstić information content (AvgIpc) is 2.46. The summed E-state index contributed by atoms with van der Waals surface area (Å²) in [5.41, 5.74) is 3.43. The highest BCUT2D eigenvalue weighted by Crippen LogP contribution is 2.27. The van der Waals surface area contributed by atoms with Gasteiger partial charge in [0, 0.05) is 11.1 Å². The van der Waals surface area contributed by atoms with E-state index in [1.54, 1.807) is 12.1 Å². The summed E-state index contributed by atoms with van der Waals surface area (Å²) in [6.45, 7) is -0.770. The molecule has 92 valence electrons. The second-order valence-corrected chi connectivity index (χ2v) is 3.77. The summed E-state index contributed by atoms with van der Waals surface area (Å²) in [4.78, 5) is 11.4. The van der Waals surface area contributed by atoms with Crippen LogP contribution in [0.1, 0.15) is 15.9 Å². The molecule has 4 heteroatoms. The van der Waals surface area contributed by atoms with Crippen molar-refractivity contribution in [2.24, 2.45) is 0 Å². The van der Waals surface area contributed by atoms with Crippen LogP contribution >= 0.6 is 0 Å². The van der Waals surface area contributed by atoms with Crippen molar-refractivity contribution >= 4 is 5.91 Å². The molecule has 0 radical (unpaired) electrons. The largest absolute Gasteiger partial charge is 0.288 e. The third-order valence-electron chi connectivity index (χ3n) is 2.74. The Labute approximate surface area is 104 Å². The number of hydrogen-bond acceptors (Lipinski definition) is 2.